The van der Waals surface area contributed by atoms with Gasteiger partial charge in [0, 0.05) is 71.3 Å². The van der Waals surface area contributed by atoms with Gasteiger partial charge in [0.15, 0.2) is 0 Å². The zero-order valence-electron chi connectivity index (χ0n) is 25.6. The van der Waals surface area contributed by atoms with Crippen LogP contribution in [0.4, 0.5) is 4.39 Å². The number of halogens is 2. The predicted molar refractivity (Wildman–Crippen MR) is 174 cm³/mol. The van der Waals surface area contributed by atoms with Gasteiger partial charge in [0.2, 0.25) is 5.91 Å². The van der Waals surface area contributed by atoms with E-state index in [9.17, 15) is 9.18 Å². The fourth-order valence-corrected chi connectivity index (χ4v) is 8.13. The van der Waals surface area contributed by atoms with Crippen LogP contribution in [0, 0.1) is 19.3 Å². The third kappa shape index (κ3) is 4.60. The molecule has 0 radical (unpaired) electrons. The molecule has 1 saturated carbocycles. The third-order valence-corrected chi connectivity index (χ3v) is 10.7. The van der Waals surface area contributed by atoms with E-state index in [4.69, 9.17) is 16.7 Å². The molecule has 5 heterocycles. The maximum Gasteiger partial charge on any atom is 0.245 e. The number of hydrogen-bond donors (Lipinski definition) is 1. The van der Waals surface area contributed by atoms with Gasteiger partial charge in [-0.25, -0.2) is 4.39 Å². The van der Waals surface area contributed by atoms with Crippen LogP contribution >= 0.6 is 11.6 Å². The topological polar surface area (TPSA) is 87.9 Å². The van der Waals surface area contributed by atoms with Gasteiger partial charge in [-0.2, -0.15) is 15.3 Å². The summed E-state index contributed by atoms with van der Waals surface area (Å²) in [6.07, 6.45) is 6.99. The van der Waals surface area contributed by atoms with E-state index in [0.717, 1.165) is 94.5 Å². The van der Waals surface area contributed by atoms with Gasteiger partial charge in [-0.1, -0.05) is 24.2 Å². The Balaban J connectivity index is 1.17. The lowest BCUT2D eigenvalue weighted by Crippen LogP contribution is -2.63. The minimum atomic E-state index is -0.722. The summed E-state index contributed by atoms with van der Waals surface area (Å²) in [6, 6.07) is 8.66. The van der Waals surface area contributed by atoms with Gasteiger partial charge in [-0.05, 0) is 62.9 Å². The summed E-state index contributed by atoms with van der Waals surface area (Å²) in [5, 5.41) is 20.1. The van der Waals surface area contributed by atoms with Crippen molar-refractivity contribution in [3.8, 4) is 22.4 Å². The Hall–Kier alpha value is -4.02. The molecule has 45 heavy (non-hydrogen) atoms. The van der Waals surface area contributed by atoms with Crippen molar-refractivity contribution in [2.45, 2.75) is 51.9 Å². The fourth-order valence-electron chi connectivity index (χ4n) is 7.88. The monoisotopic (exact) mass is 626 g/mol. The second kappa shape index (κ2) is 10.5. The smallest absolute Gasteiger partial charge is 0.245 e. The minimum absolute atomic E-state index is 0.00490. The van der Waals surface area contributed by atoms with Crippen molar-refractivity contribution in [2.24, 2.45) is 5.41 Å². The molecule has 5 aromatic rings. The minimum Gasteiger partial charge on any atom is -0.338 e. The molecule has 0 bridgehead atoms. The molecule has 11 heteroatoms. The number of aryl methyl sites for hydroxylation is 1. The standard InChI is InChI=1S/C34H36ClFN8O/c1-4-29(45)42-18-34(19-42)13-25(14-34)44-21(3)30(31-26-16-37-39-27(26)11-20(2)32(31)35)33(40-44)22-5-6-28-23(12-22)15-38-43(28)10-9-41-8-7-24(36)17-41/h4-6,11-12,15-16,24-25H,1,7-10,13-14,17-19H2,2-3H3,(H,37,39)/t24-/m1/s1. The van der Waals surface area contributed by atoms with Gasteiger partial charge in [0.1, 0.15) is 11.9 Å². The third-order valence-electron chi connectivity index (χ3n) is 10.2. The number of alkyl halides is 1. The first-order valence-corrected chi connectivity index (χ1v) is 16.1. The van der Waals surface area contributed by atoms with E-state index >= 15 is 0 Å². The number of nitrogens with zero attached hydrogens (tertiary/aromatic N) is 7. The molecule has 2 aliphatic heterocycles. The van der Waals surface area contributed by atoms with Gasteiger partial charge in [0.25, 0.3) is 0 Å². The largest absolute Gasteiger partial charge is 0.338 e. The first-order chi connectivity index (χ1) is 21.7. The molecular formula is C34H36ClFN8O. The number of aromatic amines is 1. The van der Waals surface area contributed by atoms with Crippen molar-refractivity contribution in [2.75, 3.05) is 32.7 Å². The van der Waals surface area contributed by atoms with Crippen LogP contribution in [-0.4, -0.2) is 84.4 Å². The molecule has 1 aliphatic carbocycles. The Morgan fingerprint density at radius 3 is 2.76 bits per heavy atom. The van der Waals surface area contributed by atoms with Crippen molar-refractivity contribution in [1.29, 1.82) is 0 Å². The van der Waals surface area contributed by atoms with E-state index in [2.05, 4.69) is 56.6 Å². The molecule has 1 atom stereocenters. The maximum absolute atomic E-state index is 13.7. The zero-order chi connectivity index (χ0) is 31.0. The van der Waals surface area contributed by atoms with E-state index in [1.165, 1.54) is 6.08 Å². The molecule has 0 unspecified atom stereocenters. The summed E-state index contributed by atoms with van der Waals surface area (Å²) in [6.45, 7) is 12.1. The molecule has 3 aromatic heterocycles. The van der Waals surface area contributed by atoms with Crippen LogP contribution in [0.3, 0.4) is 0 Å². The van der Waals surface area contributed by atoms with Crippen LogP contribution < -0.4 is 0 Å². The molecule has 3 aliphatic rings. The normalized spacial score (nSPS) is 19.9. The molecule has 232 valence electrons. The lowest BCUT2D eigenvalue weighted by atomic mass is 9.60. The molecule has 2 saturated heterocycles. The summed E-state index contributed by atoms with van der Waals surface area (Å²) in [4.78, 5) is 16.1. The molecule has 1 N–H and O–H groups in total. The second-order valence-corrected chi connectivity index (χ2v) is 13.6. The highest BCUT2D eigenvalue weighted by molar-refractivity contribution is 6.36. The second-order valence-electron chi connectivity index (χ2n) is 13.3. The summed E-state index contributed by atoms with van der Waals surface area (Å²) in [5.41, 5.74) is 7.99. The van der Waals surface area contributed by atoms with Gasteiger partial charge >= 0.3 is 0 Å². The SMILES string of the molecule is C=CC(=O)N1CC2(CC(n3nc(-c4ccc5c(cnn5CCN5CC[C@@H](F)C5)c4)c(-c4c(Cl)c(C)cc5[nH]ncc45)c3C)C2)C1. The van der Waals surface area contributed by atoms with Crippen LogP contribution in [0.1, 0.15) is 36.6 Å². The molecule has 2 aromatic carbocycles. The number of carbonyl (C=O) groups is 1. The number of nitrogens with one attached hydrogen (secondary N) is 1. The Morgan fingerprint density at radius 1 is 1.18 bits per heavy atom. The number of carbonyl (C=O) groups excluding carboxylic acids is 1. The number of likely N-dealkylation sites (tertiary alicyclic amines) is 2. The summed E-state index contributed by atoms with van der Waals surface area (Å²) < 4.78 is 17.9. The number of rotatable bonds is 7. The van der Waals surface area contributed by atoms with E-state index in [1.807, 2.05) is 35.0 Å². The Labute approximate surface area is 265 Å². The Bertz CT molecular complexity index is 1980. The first kappa shape index (κ1) is 28.5. The van der Waals surface area contributed by atoms with Crippen LogP contribution in [0.2, 0.25) is 5.02 Å². The number of benzene rings is 2. The fraction of sp³-hybridized carbons (Fsp3) is 0.412. The van der Waals surface area contributed by atoms with E-state index in [0.29, 0.717) is 24.5 Å². The van der Waals surface area contributed by atoms with E-state index < -0.39 is 6.17 Å². The average molecular weight is 627 g/mol. The van der Waals surface area contributed by atoms with Gasteiger partial charge in [-0.15, -0.1) is 0 Å². The van der Waals surface area contributed by atoms with Gasteiger partial charge < -0.3 is 4.90 Å². The van der Waals surface area contributed by atoms with Crippen molar-refractivity contribution in [3.05, 3.63) is 65.6 Å². The van der Waals surface area contributed by atoms with Crippen molar-refractivity contribution in [3.63, 3.8) is 0 Å². The maximum atomic E-state index is 13.7. The van der Waals surface area contributed by atoms with Gasteiger partial charge in [0.05, 0.1) is 41.0 Å². The zero-order valence-corrected chi connectivity index (χ0v) is 26.3. The summed E-state index contributed by atoms with van der Waals surface area (Å²) in [7, 11) is 0. The molecule has 1 amide bonds. The summed E-state index contributed by atoms with van der Waals surface area (Å²) in [5.74, 6) is 0.00490. The predicted octanol–water partition coefficient (Wildman–Crippen LogP) is 6.11. The average Bonchev–Trinajstić information content (AvgIpc) is 3.78. The van der Waals surface area contributed by atoms with Crippen LogP contribution in [0.25, 0.3) is 44.2 Å². The summed E-state index contributed by atoms with van der Waals surface area (Å²) >= 11 is 7.10. The van der Waals surface area contributed by atoms with Crippen molar-refractivity contribution >= 4 is 39.3 Å². The molecule has 8 rings (SSSR count). The number of amides is 1. The molecule has 9 nitrogen and oxygen atoms in total. The van der Waals surface area contributed by atoms with Crippen molar-refractivity contribution in [1.82, 2.24) is 39.6 Å². The van der Waals surface area contributed by atoms with Crippen LogP contribution in [0.5, 0.6) is 0 Å². The quantitative estimate of drug-likeness (QED) is 0.220. The van der Waals surface area contributed by atoms with Crippen molar-refractivity contribution < 1.29 is 9.18 Å². The highest BCUT2D eigenvalue weighted by atomic mass is 35.5. The Kier molecular flexibility index (Phi) is 6.65. The first-order valence-electron chi connectivity index (χ1n) is 15.7. The lowest BCUT2D eigenvalue weighted by Gasteiger charge is -2.58. The molecule has 3 fully saturated rings. The van der Waals surface area contributed by atoms with Crippen LogP contribution in [0.15, 0.2) is 49.3 Å². The number of aromatic nitrogens is 6. The number of H-pyrrole nitrogens is 1. The highest BCUT2D eigenvalue weighted by Gasteiger charge is 2.54. The highest BCUT2D eigenvalue weighted by Crippen LogP contribution is 2.55. The lowest BCUT2D eigenvalue weighted by molar-refractivity contribution is -0.149. The van der Waals surface area contributed by atoms with Gasteiger partial charge in [-0.3, -0.25) is 24.2 Å². The van der Waals surface area contributed by atoms with E-state index in [-0.39, 0.29) is 17.4 Å². The molecule has 1 spiro atoms. The number of hydrogen-bond acceptors (Lipinski definition) is 5. The Morgan fingerprint density at radius 2 is 2.00 bits per heavy atom. The van der Waals surface area contributed by atoms with E-state index in [1.54, 1.807) is 0 Å². The molecular weight excluding hydrogens is 591 g/mol. The van der Waals surface area contributed by atoms with Crippen LogP contribution in [-0.2, 0) is 11.3 Å². The number of fused-ring (bicyclic) bond motifs is 2.